The molecule has 0 radical (unpaired) electrons. The Hall–Kier alpha value is -2.19. The largest absolute Gasteiger partial charge is 0.357 e. The molecule has 1 atom stereocenters. The van der Waals surface area contributed by atoms with Gasteiger partial charge >= 0.3 is 0 Å². The van der Waals surface area contributed by atoms with Crippen molar-refractivity contribution in [2.24, 2.45) is 7.05 Å². The molecule has 0 amide bonds. The zero-order valence-corrected chi connectivity index (χ0v) is 16.2. The predicted octanol–water partition coefficient (Wildman–Crippen LogP) is 3.59. The predicted molar refractivity (Wildman–Crippen MR) is 101 cm³/mol. The Bertz CT molecular complexity index is 1020. The molecule has 3 heterocycles. The van der Waals surface area contributed by atoms with Gasteiger partial charge in [0.15, 0.2) is 0 Å². The monoisotopic (exact) mass is 435 g/mol. The molecule has 0 spiro atoms. The number of anilines is 1. The second kappa shape index (κ2) is 6.85. The molecule has 3 aromatic rings. The van der Waals surface area contributed by atoms with Crippen LogP contribution in [0.4, 0.5) is 5.69 Å². The first-order valence-corrected chi connectivity index (χ1v) is 9.30. The van der Waals surface area contributed by atoms with E-state index < -0.39 is 0 Å². The van der Waals surface area contributed by atoms with Crippen molar-refractivity contribution in [1.29, 1.82) is 0 Å². The summed E-state index contributed by atoms with van der Waals surface area (Å²) in [6.07, 6.45) is 3.37. The average molecular weight is 437 g/mol. The maximum absolute atomic E-state index is 12.1. The molecule has 0 N–H and O–H groups in total. The van der Waals surface area contributed by atoms with Crippen molar-refractivity contribution in [1.82, 2.24) is 19.9 Å². The van der Waals surface area contributed by atoms with E-state index in [9.17, 15) is 4.79 Å². The Labute approximate surface area is 162 Å². The topological polar surface area (TPSA) is 77.1 Å². The molecule has 7 nitrogen and oxygen atoms in total. The molecule has 1 aromatic carbocycles. The minimum absolute atomic E-state index is 0.134. The molecular weight excluding hydrogens is 422 g/mol. The van der Waals surface area contributed by atoms with E-state index in [0.29, 0.717) is 17.4 Å². The van der Waals surface area contributed by atoms with Crippen LogP contribution >= 0.6 is 27.5 Å². The highest BCUT2D eigenvalue weighted by Gasteiger charge is 2.33. The van der Waals surface area contributed by atoms with Gasteiger partial charge in [-0.15, -0.1) is 0 Å². The van der Waals surface area contributed by atoms with Gasteiger partial charge < -0.3 is 9.42 Å². The summed E-state index contributed by atoms with van der Waals surface area (Å²) < 4.78 is 7.65. The first-order chi connectivity index (χ1) is 12.6. The van der Waals surface area contributed by atoms with Crippen LogP contribution in [0.3, 0.4) is 0 Å². The molecule has 4 rings (SSSR count). The van der Waals surface area contributed by atoms with Crippen molar-refractivity contribution >= 4 is 33.2 Å². The highest BCUT2D eigenvalue weighted by molar-refractivity contribution is 9.10. The first-order valence-electron chi connectivity index (χ1n) is 8.13. The fraction of sp³-hybridized carbons (Fsp3) is 0.294. The third-order valence-electron chi connectivity index (χ3n) is 4.46. The number of aromatic nitrogens is 4. The summed E-state index contributed by atoms with van der Waals surface area (Å²) >= 11 is 9.77. The molecule has 9 heteroatoms. The van der Waals surface area contributed by atoms with Gasteiger partial charge in [0.05, 0.1) is 11.9 Å². The second-order valence-electron chi connectivity index (χ2n) is 6.06. The van der Waals surface area contributed by atoms with Gasteiger partial charge in [0.25, 0.3) is 5.56 Å². The van der Waals surface area contributed by atoms with Crippen LogP contribution in [0.25, 0.3) is 11.4 Å². The molecule has 1 aliphatic rings. The number of halogens is 2. The van der Waals surface area contributed by atoms with Gasteiger partial charge in [-0.05, 0) is 25.0 Å². The lowest BCUT2D eigenvalue weighted by molar-refractivity contribution is 0.355. The molecule has 2 aromatic heterocycles. The van der Waals surface area contributed by atoms with E-state index in [4.69, 9.17) is 16.1 Å². The Morgan fingerprint density at radius 1 is 1.35 bits per heavy atom. The van der Waals surface area contributed by atoms with Gasteiger partial charge in [0.1, 0.15) is 11.1 Å². The van der Waals surface area contributed by atoms with Crippen molar-refractivity contribution in [2.75, 3.05) is 11.4 Å². The smallest absolute Gasteiger partial charge is 0.287 e. The lowest BCUT2D eigenvalue weighted by Crippen LogP contribution is -2.28. The minimum atomic E-state index is -0.325. The van der Waals surface area contributed by atoms with Crippen molar-refractivity contribution in [3.8, 4) is 11.4 Å². The molecule has 134 valence electrons. The van der Waals surface area contributed by atoms with Gasteiger partial charge in [0.2, 0.25) is 11.7 Å². The van der Waals surface area contributed by atoms with Crippen LogP contribution in [0.2, 0.25) is 5.02 Å². The standard InChI is InChI=1S/C17H15BrClN5O2/c1-23-17(25)14(19)13(9-20-23)24-8-4-7-12(24)16-21-15(22-26-16)10-5-2-3-6-11(10)18/h2-3,5-6,9,12H,4,7-8H2,1H3. The molecule has 1 fully saturated rings. The Morgan fingerprint density at radius 2 is 2.15 bits per heavy atom. The van der Waals surface area contributed by atoms with E-state index in [-0.39, 0.29) is 16.6 Å². The highest BCUT2D eigenvalue weighted by atomic mass is 79.9. The molecule has 1 unspecified atom stereocenters. The normalized spacial score (nSPS) is 17.0. The van der Waals surface area contributed by atoms with Crippen molar-refractivity contribution in [3.05, 3.63) is 56.2 Å². The number of aryl methyl sites for hydroxylation is 1. The SMILES string of the molecule is Cn1ncc(N2CCCC2c2nc(-c3ccccc3Br)no2)c(Cl)c1=O. The first kappa shape index (κ1) is 17.2. The van der Waals surface area contributed by atoms with E-state index in [1.165, 1.54) is 4.68 Å². The number of rotatable bonds is 3. The lowest BCUT2D eigenvalue weighted by atomic mass is 10.2. The summed E-state index contributed by atoms with van der Waals surface area (Å²) in [7, 11) is 1.57. The minimum Gasteiger partial charge on any atom is -0.357 e. The van der Waals surface area contributed by atoms with Crippen LogP contribution < -0.4 is 10.5 Å². The van der Waals surface area contributed by atoms with Crippen LogP contribution in [0.15, 0.2) is 44.3 Å². The highest BCUT2D eigenvalue weighted by Crippen LogP contribution is 2.38. The molecule has 0 bridgehead atoms. The van der Waals surface area contributed by atoms with Crippen molar-refractivity contribution in [3.63, 3.8) is 0 Å². The number of nitrogens with zero attached hydrogens (tertiary/aromatic N) is 5. The maximum atomic E-state index is 12.1. The third kappa shape index (κ3) is 2.93. The summed E-state index contributed by atoms with van der Waals surface area (Å²) in [4.78, 5) is 18.7. The maximum Gasteiger partial charge on any atom is 0.287 e. The average Bonchev–Trinajstić information content (AvgIpc) is 3.29. The molecule has 1 saturated heterocycles. The summed E-state index contributed by atoms with van der Waals surface area (Å²) in [5.41, 5.74) is 1.13. The van der Waals surface area contributed by atoms with Gasteiger partial charge in [-0.3, -0.25) is 4.79 Å². The van der Waals surface area contributed by atoms with Crippen LogP contribution in [0, 0.1) is 0 Å². The van der Waals surface area contributed by atoms with Crippen molar-refractivity contribution in [2.45, 2.75) is 18.9 Å². The van der Waals surface area contributed by atoms with E-state index >= 15 is 0 Å². The lowest BCUT2D eigenvalue weighted by Gasteiger charge is -2.24. The van der Waals surface area contributed by atoms with Crippen LogP contribution in [-0.2, 0) is 7.05 Å². The van der Waals surface area contributed by atoms with Crippen LogP contribution in [0.1, 0.15) is 24.8 Å². The van der Waals surface area contributed by atoms with Crippen LogP contribution in [0.5, 0.6) is 0 Å². The Kier molecular flexibility index (Phi) is 4.54. The number of hydrogen-bond acceptors (Lipinski definition) is 6. The quantitative estimate of drug-likeness (QED) is 0.624. The van der Waals surface area contributed by atoms with Gasteiger partial charge in [0, 0.05) is 23.6 Å². The van der Waals surface area contributed by atoms with E-state index in [1.807, 2.05) is 29.2 Å². The van der Waals surface area contributed by atoms with E-state index in [1.54, 1.807) is 13.2 Å². The Morgan fingerprint density at radius 3 is 2.96 bits per heavy atom. The van der Waals surface area contributed by atoms with E-state index in [0.717, 1.165) is 29.4 Å². The van der Waals surface area contributed by atoms with Gasteiger partial charge in [-0.25, -0.2) is 4.68 Å². The van der Waals surface area contributed by atoms with Gasteiger partial charge in [-0.2, -0.15) is 10.1 Å². The Balaban J connectivity index is 1.69. The molecule has 1 aliphatic heterocycles. The molecule has 0 saturated carbocycles. The van der Waals surface area contributed by atoms with Gasteiger partial charge in [-0.1, -0.05) is 44.8 Å². The molecule has 0 aliphatic carbocycles. The van der Waals surface area contributed by atoms with Crippen molar-refractivity contribution < 1.29 is 4.52 Å². The second-order valence-corrected chi connectivity index (χ2v) is 7.29. The summed E-state index contributed by atoms with van der Waals surface area (Å²) in [6.45, 7) is 0.742. The summed E-state index contributed by atoms with van der Waals surface area (Å²) in [5, 5.41) is 8.35. The fourth-order valence-electron chi connectivity index (χ4n) is 3.14. The summed E-state index contributed by atoms with van der Waals surface area (Å²) in [5.74, 6) is 1.03. The zero-order valence-electron chi connectivity index (χ0n) is 13.9. The van der Waals surface area contributed by atoms with E-state index in [2.05, 4.69) is 31.2 Å². The molecular formula is C17H15BrClN5O2. The summed E-state index contributed by atoms with van der Waals surface area (Å²) in [6, 6.07) is 7.57. The zero-order chi connectivity index (χ0) is 18.3. The molecule has 26 heavy (non-hydrogen) atoms. The number of benzene rings is 1. The number of hydrogen-bond donors (Lipinski definition) is 0. The fourth-order valence-corrected chi connectivity index (χ4v) is 3.88. The third-order valence-corrected chi connectivity index (χ3v) is 5.51. The van der Waals surface area contributed by atoms with Crippen LogP contribution in [-0.4, -0.2) is 26.5 Å².